The van der Waals surface area contributed by atoms with E-state index in [0.717, 1.165) is 12.8 Å². The maximum absolute atomic E-state index is 12.1. The lowest BCUT2D eigenvalue weighted by Gasteiger charge is -2.39. The molecule has 110 valence electrons. The molecule has 0 spiro atoms. The van der Waals surface area contributed by atoms with E-state index < -0.39 is 24.8 Å². The van der Waals surface area contributed by atoms with Crippen molar-refractivity contribution in [1.82, 2.24) is 10.2 Å². The lowest BCUT2D eigenvalue weighted by atomic mass is 9.90. The molecule has 2 fully saturated rings. The third-order valence-electron chi connectivity index (χ3n) is 3.72. The molecule has 0 unspecified atom stereocenters. The van der Waals surface area contributed by atoms with Crippen molar-refractivity contribution in [3.63, 3.8) is 0 Å². The topological polar surface area (TPSA) is 50.8 Å². The Morgan fingerprint density at radius 2 is 2.16 bits per heavy atom. The van der Waals surface area contributed by atoms with Crippen LogP contribution in [0.4, 0.5) is 13.6 Å². The summed E-state index contributed by atoms with van der Waals surface area (Å²) in [5.74, 6) is -0.567. The van der Waals surface area contributed by atoms with E-state index >= 15 is 0 Å². The average molecular weight is 278 g/mol. The highest BCUT2D eigenvalue weighted by molar-refractivity contribution is 5.74. The summed E-state index contributed by atoms with van der Waals surface area (Å²) in [4.78, 5) is 13.3. The minimum atomic E-state index is -2.52. The Hall–Kier alpha value is -0.950. The van der Waals surface area contributed by atoms with E-state index in [1.807, 2.05) is 6.92 Å². The second-order valence-electron chi connectivity index (χ2n) is 5.08. The van der Waals surface area contributed by atoms with Gasteiger partial charge >= 0.3 is 6.03 Å². The van der Waals surface area contributed by atoms with Gasteiger partial charge in [-0.2, -0.15) is 0 Å². The van der Waals surface area contributed by atoms with Crippen molar-refractivity contribution in [2.45, 2.75) is 32.0 Å². The summed E-state index contributed by atoms with van der Waals surface area (Å²) >= 11 is 0. The van der Waals surface area contributed by atoms with E-state index in [1.165, 1.54) is 0 Å². The van der Waals surface area contributed by atoms with Crippen molar-refractivity contribution < 1.29 is 23.0 Å². The van der Waals surface area contributed by atoms with Gasteiger partial charge < -0.3 is 19.7 Å². The molecule has 0 aromatic rings. The molecule has 0 radical (unpaired) electrons. The van der Waals surface area contributed by atoms with Gasteiger partial charge in [-0.3, -0.25) is 0 Å². The molecular formula is C12H20F2N2O3. The summed E-state index contributed by atoms with van der Waals surface area (Å²) < 4.78 is 35.4. The number of piperidine rings is 1. The monoisotopic (exact) mass is 278 g/mol. The number of amides is 2. The number of carbonyl (C=O) groups excluding carboxylic acids is 1. The Balaban J connectivity index is 1.88. The van der Waals surface area contributed by atoms with Gasteiger partial charge in [-0.25, -0.2) is 13.6 Å². The predicted octanol–water partition coefficient (Wildman–Crippen LogP) is 1.44. The predicted molar refractivity (Wildman–Crippen MR) is 64.0 cm³/mol. The van der Waals surface area contributed by atoms with Crippen LogP contribution in [0.25, 0.3) is 0 Å². The molecule has 0 aromatic carbocycles. The highest BCUT2D eigenvalue weighted by Gasteiger charge is 2.42. The summed E-state index contributed by atoms with van der Waals surface area (Å²) in [6, 6.07) is -0.438. The molecule has 1 N–H and O–H groups in total. The number of hydrogen-bond donors (Lipinski definition) is 1. The largest absolute Gasteiger partial charge is 0.347 e. The Bertz CT molecular complexity index is 322. The van der Waals surface area contributed by atoms with Crippen molar-refractivity contribution in [3.05, 3.63) is 0 Å². The number of halogens is 2. The minimum Gasteiger partial charge on any atom is -0.347 e. The zero-order valence-corrected chi connectivity index (χ0v) is 11.0. The number of ether oxygens (including phenoxy) is 2. The highest BCUT2D eigenvalue weighted by atomic mass is 19.3. The molecular weight excluding hydrogens is 258 g/mol. The maximum atomic E-state index is 12.1. The lowest BCUT2D eigenvalue weighted by molar-refractivity contribution is -0.189. The fraction of sp³-hybridized carbons (Fsp3) is 0.917. The minimum absolute atomic E-state index is 0.0843. The number of nitrogens with zero attached hydrogens (tertiary/aromatic N) is 1. The van der Waals surface area contributed by atoms with Gasteiger partial charge in [0.25, 0.3) is 6.43 Å². The molecule has 5 nitrogen and oxygen atoms in total. The molecule has 2 rings (SSSR count). The molecule has 0 saturated carbocycles. The molecule has 0 aromatic heterocycles. The van der Waals surface area contributed by atoms with Crippen LogP contribution in [0.2, 0.25) is 0 Å². The van der Waals surface area contributed by atoms with E-state index in [2.05, 4.69) is 5.32 Å². The van der Waals surface area contributed by atoms with Gasteiger partial charge in [0.05, 0.1) is 19.8 Å². The van der Waals surface area contributed by atoms with Crippen LogP contribution in [0, 0.1) is 5.92 Å². The fourth-order valence-electron chi connectivity index (χ4n) is 2.63. The van der Waals surface area contributed by atoms with Crippen LogP contribution in [0.1, 0.15) is 19.8 Å². The number of carbonyl (C=O) groups is 1. The first-order valence-electron chi connectivity index (χ1n) is 6.60. The van der Waals surface area contributed by atoms with Crippen LogP contribution < -0.4 is 5.32 Å². The molecule has 2 amide bonds. The Morgan fingerprint density at radius 3 is 2.79 bits per heavy atom. The van der Waals surface area contributed by atoms with Crippen LogP contribution in [0.15, 0.2) is 0 Å². The third kappa shape index (κ3) is 3.54. The second-order valence-corrected chi connectivity index (χ2v) is 5.08. The number of rotatable bonds is 3. The summed E-state index contributed by atoms with van der Waals surface area (Å²) in [5.41, 5.74) is 0. The van der Waals surface area contributed by atoms with Gasteiger partial charge in [-0.05, 0) is 19.8 Å². The second kappa shape index (κ2) is 6.00. The van der Waals surface area contributed by atoms with E-state index in [-0.39, 0.29) is 5.92 Å². The highest BCUT2D eigenvalue weighted by Crippen LogP contribution is 2.33. The third-order valence-corrected chi connectivity index (χ3v) is 3.72. The van der Waals surface area contributed by atoms with Crippen molar-refractivity contribution in [1.29, 1.82) is 0 Å². The van der Waals surface area contributed by atoms with Gasteiger partial charge in [0, 0.05) is 19.0 Å². The Morgan fingerprint density at radius 1 is 1.47 bits per heavy atom. The van der Waals surface area contributed by atoms with Crippen LogP contribution in [0.3, 0.4) is 0 Å². The number of hydrogen-bond acceptors (Lipinski definition) is 3. The standard InChI is InChI=1S/C12H20F2N2O3/c1-12(18-5-6-19-12)9-3-2-4-16(8-9)11(17)15-7-10(13)14/h9-10H,2-8H2,1H3,(H,15,17)/t9-/m0/s1. The summed E-state index contributed by atoms with van der Waals surface area (Å²) in [6.07, 6.45) is -0.784. The van der Waals surface area contributed by atoms with E-state index in [1.54, 1.807) is 4.90 Å². The molecule has 2 heterocycles. The molecule has 2 saturated heterocycles. The molecule has 0 bridgehead atoms. The van der Waals surface area contributed by atoms with Gasteiger partial charge in [0.1, 0.15) is 0 Å². The number of likely N-dealkylation sites (tertiary alicyclic amines) is 1. The normalized spacial score (nSPS) is 26.7. The van der Waals surface area contributed by atoms with Crippen LogP contribution in [0.5, 0.6) is 0 Å². The first kappa shape index (κ1) is 14.5. The zero-order valence-electron chi connectivity index (χ0n) is 11.0. The molecule has 2 aliphatic heterocycles. The number of nitrogens with one attached hydrogen (secondary N) is 1. The lowest BCUT2D eigenvalue weighted by Crippen LogP contribution is -2.51. The van der Waals surface area contributed by atoms with E-state index in [9.17, 15) is 13.6 Å². The molecule has 19 heavy (non-hydrogen) atoms. The van der Waals surface area contributed by atoms with Crippen molar-refractivity contribution in [3.8, 4) is 0 Å². The fourth-order valence-corrected chi connectivity index (χ4v) is 2.63. The number of urea groups is 1. The maximum Gasteiger partial charge on any atom is 0.317 e. The molecule has 7 heteroatoms. The van der Waals surface area contributed by atoms with Gasteiger partial charge in [-0.15, -0.1) is 0 Å². The van der Waals surface area contributed by atoms with Crippen LogP contribution in [-0.4, -0.2) is 56.0 Å². The van der Waals surface area contributed by atoms with Gasteiger partial charge in [-0.1, -0.05) is 0 Å². The average Bonchev–Trinajstić information content (AvgIpc) is 2.84. The Kier molecular flexibility index (Phi) is 4.57. The van der Waals surface area contributed by atoms with Gasteiger partial charge in [0.15, 0.2) is 5.79 Å². The van der Waals surface area contributed by atoms with Crippen molar-refractivity contribution in [2.24, 2.45) is 5.92 Å². The molecule has 0 aliphatic carbocycles. The SMILES string of the molecule is CC1([C@H]2CCCN(C(=O)NCC(F)F)C2)OCCO1. The smallest absolute Gasteiger partial charge is 0.317 e. The Labute approximate surface area is 111 Å². The molecule has 2 aliphatic rings. The summed E-state index contributed by atoms with van der Waals surface area (Å²) in [7, 11) is 0. The van der Waals surface area contributed by atoms with Gasteiger partial charge in [0.2, 0.25) is 0 Å². The van der Waals surface area contributed by atoms with Crippen LogP contribution >= 0.6 is 0 Å². The first-order chi connectivity index (χ1) is 9.01. The number of alkyl halides is 2. The summed E-state index contributed by atoms with van der Waals surface area (Å²) in [5, 5.41) is 2.23. The van der Waals surface area contributed by atoms with Crippen LogP contribution in [-0.2, 0) is 9.47 Å². The quantitative estimate of drug-likeness (QED) is 0.850. The zero-order chi connectivity index (χ0) is 13.9. The van der Waals surface area contributed by atoms with Crippen molar-refractivity contribution in [2.75, 3.05) is 32.8 Å². The van der Waals surface area contributed by atoms with E-state index in [0.29, 0.717) is 26.3 Å². The molecule has 1 atom stereocenters. The summed E-state index contributed by atoms with van der Waals surface area (Å²) in [6.45, 7) is 3.46. The van der Waals surface area contributed by atoms with Crippen molar-refractivity contribution >= 4 is 6.03 Å². The van der Waals surface area contributed by atoms with E-state index in [4.69, 9.17) is 9.47 Å². The first-order valence-corrected chi connectivity index (χ1v) is 6.60.